The maximum Gasteiger partial charge on any atom is 0.461 e. The first-order chi connectivity index (χ1) is 19.6. The molecule has 1 aromatic heterocycles. The molecule has 2 N–H and O–H groups in total. The molecule has 0 aliphatic heterocycles. The molecule has 226 valence electrons. The standard InChI is InChI=1S/C27H23ClF7N3O4/c1-15(26(32,33)23(39)41-2)37-24(40)38-25(13-16-6-4-3-5-7-16,21-9-8-18(28)14-36-21)17-10-19(29)12-20(11-17)42-27(34,35)22(30)31/h3-12,14-15,22H,13H2,1-2H3,(H2,37,38,40). The highest BCUT2D eigenvalue weighted by Crippen LogP contribution is 2.37. The molecule has 0 saturated carbocycles. The maximum absolute atomic E-state index is 14.9. The van der Waals surface area contributed by atoms with E-state index in [0.29, 0.717) is 11.6 Å². The number of hydrogen-bond acceptors (Lipinski definition) is 5. The molecule has 0 saturated heterocycles. The lowest BCUT2D eigenvalue weighted by molar-refractivity contribution is -0.253. The predicted octanol–water partition coefficient (Wildman–Crippen LogP) is 6.09. The van der Waals surface area contributed by atoms with E-state index < -0.39 is 53.6 Å². The third-order valence-electron chi connectivity index (χ3n) is 6.02. The lowest BCUT2D eigenvalue weighted by Crippen LogP contribution is -2.58. The first kappa shape index (κ1) is 32.4. The molecular formula is C27H23ClF7N3O4. The molecular weight excluding hydrogens is 599 g/mol. The Kier molecular flexibility index (Phi) is 9.92. The summed E-state index contributed by atoms with van der Waals surface area (Å²) < 4.78 is 105. The molecule has 0 radical (unpaired) electrons. The average Bonchev–Trinajstić information content (AvgIpc) is 2.92. The number of benzene rings is 2. The highest BCUT2D eigenvalue weighted by molar-refractivity contribution is 6.30. The number of hydrogen-bond donors (Lipinski definition) is 2. The monoisotopic (exact) mass is 621 g/mol. The highest BCUT2D eigenvalue weighted by Gasteiger charge is 2.48. The summed E-state index contributed by atoms with van der Waals surface area (Å²) in [6, 6.07) is 9.18. The van der Waals surface area contributed by atoms with Crippen LogP contribution in [-0.4, -0.2) is 48.6 Å². The van der Waals surface area contributed by atoms with E-state index >= 15 is 0 Å². The number of ether oxygens (including phenoxy) is 2. The Bertz CT molecular complexity index is 1400. The van der Waals surface area contributed by atoms with Crippen LogP contribution in [0.2, 0.25) is 5.02 Å². The van der Waals surface area contributed by atoms with Crippen LogP contribution in [0.4, 0.5) is 35.5 Å². The van der Waals surface area contributed by atoms with Gasteiger partial charge >= 0.3 is 30.5 Å². The van der Waals surface area contributed by atoms with Gasteiger partial charge in [-0.1, -0.05) is 41.9 Å². The van der Waals surface area contributed by atoms with Gasteiger partial charge in [0.25, 0.3) is 0 Å². The molecule has 2 amide bonds. The van der Waals surface area contributed by atoms with E-state index in [4.69, 9.17) is 11.6 Å². The van der Waals surface area contributed by atoms with Gasteiger partial charge in [-0.05, 0) is 42.3 Å². The maximum atomic E-state index is 14.9. The summed E-state index contributed by atoms with van der Waals surface area (Å²) in [4.78, 5) is 29.0. The van der Waals surface area contributed by atoms with E-state index in [2.05, 4.69) is 19.8 Å². The van der Waals surface area contributed by atoms with Gasteiger partial charge in [-0.25, -0.2) is 14.0 Å². The van der Waals surface area contributed by atoms with Crippen LogP contribution in [0.1, 0.15) is 23.7 Å². The Morgan fingerprint density at radius 2 is 1.69 bits per heavy atom. The van der Waals surface area contributed by atoms with Gasteiger partial charge < -0.3 is 20.1 Å². The van der Waals surface area contributed by atoms with E-state index in [-0.39, 0.29) is 22.7 Å². The predicted molar refractivity (Wildman–Crippen MR) is 136 cm³/mol. The van der Waals surface area contributed by atoms with E-state index in [1.54, 1.807) is 30.3 Å². The number of carbonyl (C=O) groups is 2. The number of esters is 1. The summed E-state index contributed by atoms with van der Waals surface area (Å²) in [6.07, 6.45) is -8.43. The van der Waals surface area contributed by atoms with Crippen LogP contribution in [0.15, 0.2) is 66.9 Å². The molecule has 1 heterocycles. The van der Waals surface area contributed by atoms with Crippen LogP contribution in [0, 0.1) is 5.82 Å². The Morgan fingerprint density at radius 1 is 1.02 bits per heavy atom. The zero-order valence-electron chi connectivity index (χ0n) is 21.8. The van der Waals surface area contributed by atoms with Crippen LogP contribution < -0.4 is 15.4 Å². The molecule has 3 rings (SSSR count). The van der Waals surface area contributed by atoms with Crippen molar-refractivity contribution in [3.8, 4) is 5.75 Å². The van der Waals surface area contributed by atoms with Crippen LogP contribution in [0.25, 0.3) is 0 Å². The largest absolute Gasteiger partial charge is 0.465 e. The van der Waals surface area contributed by atoms with Crippen LogP contribution in [0.5, 0.6) is 5.75 Å². The zero-order chi connectivity index (χ0) is 31.3. The van der Waals surface area contributed by atoms with Crippen molar-refractivity contribution >= 4 is 23.6 Å². The van der Waals surface area contributed by atoms with Crippen LogP contribution >= 0.6 is 11.6 Å². The summed E-state index contributed by atoms with van der Waals surface area (Å²) in [7, 11) is 0.724. The molecule has 3 aromatic rings. The fourth-order valence-corrected chi connectivity index (χ4v) is 4.06. The van der Waals surface area contributed by atoms with Crippen molar-refractivity contribution in [1.82, 2.24) is 15.6 Å². The first-order valence-corrected chi connectivity index (χ1v) is 12.4. The molecule has 0 aliphatic rings. The Labute approximate surface area is 240 Å². The molecule has 7 nitrogen and oxygen atoms in total. The number of rotatable bonds is 11. The minimum absolute atomic E-state index is 0.0875. The number of alkyl halides is 6. The lowest BCUT2D eigenvalue weighted by Gasteiger charge is -2.36. The summed E-state index contributed by atoms with van der Waals surface area (Å²) in [6.45, 7) is 0.816. The number of halogens is 8. The van der Waals surface area contributed by atoms with E-state index in [9.17, 15) is 40.3 Å². The second-order valence-electron chi connectivity index (χ2n) is 9.00. The quantitative estimate of drug-likeness (QED) is 0.200. The molecule has 0 spiro atoms. The fraction of sp³-hybridized carbons (Fsp3) is 0.296. The number of amides is 2. The normalized spacial score (nSPS) is 14.1. The molecule has 0 fully saturated rings. The Hall–Kier alpha value is -4.07. The van der Waals surface area contributed by atoms with Gasteiger partial charge in [0.1, 0.15) is 23.1 Å². The third-order valence-corrected chi connectivity index (χ3v) is 6.25. The van der Waals surface area contributed by atoms with Gasteiger partial charge in [-0.2, -0.15) is 26.3 Å². The Balaban J connectivity index is 2.21. The van der Waals surface area contributed by atoms with Crippen molar-refractivity contribution in [2.24, 2.45) is 0 Å². The van der Waals surface area contributed by atoms with Gasteiger partial charge in [-0.3, -0.25) is 4.98 Å². The minimum Gasteiger partial charge on any atom is -0.465 e. The molecule has 42 heavy (non-hydrogen) atoms. The van der Waals surface area contributed by atoms with Gasteiger partial charge in [0.05, 0.1) is 17.8 Å². The Morgan fingerprint density at radius 3 is 2.26 bits per heavy atom. The van der Waals surface area contributed by atoms with E-state index in [1.165, 1.54) is 12.1 Å². The molecule has 2 atom stereocenters. The second kappa shape index (κ2) is 12.8. The van der Waals surface area contributed by atoms with Crippen molar-refractivity contribution in [3.63, 3.8) is 0 Å². The van der Waals surface area contributed by atoms with Crippen LogP contribution in [0.3, 0.4) is 0 Å². The van der Waals surface area contributed by atoms with Gasteiger partial charge in [-0.15, -0.1) is 0 Å². The zero-order valence-corrected chi connectivity index (χ0v) is 22.6. The lowest BCUT2D eigenvalue weighted by atomic mass is 9.80. The molecule has 15 heteroatoms. The SMILES string of the molecule is COC(=O)C(F)(F)C(C)NC(=O)NC(Cc1ccccc1)(c1cc(F)cc(OC(F)(F)C(F)F)c1)c1ccc(Cl)cn1. The smallest absolute Gasteiger partial charge is 0.461 e. The van der Waals surface area contributed by atoms with Crippen LogP contribution in [-0.2, 0) is 21.5 Å². The van der Waals surface area contributed by atoms with Crippen molar-refractivity contribution in [3.05, 3.63) is 94.5 Å². The summed E-state index contributed by atoms with van der Waals surface area (Å²) >= 11 is 5.97. The number of pyridine rings is 1. The van der Waals surface area contributed by atoms with Crippen molar-refractivity contribution in [1.29, 1.82) is 0 Å². The van der Waals surface area contributed by atoms with Crippen molar-refractivity contribution in [2.75, 3.05) is 7.11 Å². The molecule has 2 unspecified atom stereocenters. The van der Waals surface area contributed by atoms with Gasteiger partial charge in [0, 0.05) is 18.7 Å². The molecule has 2 aromatic carbocycles. The summed E-state index contributed by atoms with van der Waals surface area (Å²) in [5.74, 6) is -8.37. The third kappa shape index (κ3) is 7.41. The van der Waals surface area contributed by atoms with E-state index in [0.717, 1.165) is 32.4 Å². The number of methoxy groups -OCH3 is 1. The average molecular weight is 622 g/mol. The first-order valence-electron chi connectivity index (χ1n) is 12.0. The van der Waals surface area contributed by atoms with Crippen molar-refractivity contribution < 1.29 is 49.8 Å². The topological polar surface area (TPSA) is 89.5 Å². The highest BCUT2D eigenvalue weighted by atomic mass is 35.5. The number of urea groups is 1. The van der Waals surface area contributed by atoms with Gasteiger partial charge in [0.15, 0.2) is 0 Å². The number of carbonyl (C=O) groups excluding carboxylic acids is 2. The molecule has 0 bridgehead atoms. The second-order valence-corrected chi connectivity index (χ2v) is 9.44. The summed E-state index contributed by atoms with van der Waals surface area (Å²) in [5.41, 5.74) is -2.03. The minimum atomic E-state index is -5.01. The number of aromatic nitrogens is 1. The van der Waals surface area contributed by atoms with E-state index in [1.807, 2.05) is 5.32 Å². The molecule has 0 aliphatic carbocycles. The fourth-order valence-electron chi connectivity index (χ4n) is 3.95. The summed E-state index contributed by atoms with van der Waals surface area (Å²) in [5, 5.41) is 4.47. The van der Waals surface area contributed by atoms with Gasteiger partial charge in [0.2, 0.25) is 0 Å². The van der Waals surface area contributed by atoms with Crippen molar-refractivity contribution in [2.45, 2.75) is 43.4 Å². The number of nitrogens with zero attached hydrogens (tertiary/aromatic N) is 1. The number of nitrogens with one attached hydrogen (secondary N) is 2.